The largest absolute Gasteiger partial charge is 0.463 e. The lowest BCUT2D eigenvalue weighted by molar-refractivity contribution is -0.318. The highest BCUT2D eigenvalue weighted by molar-refractivity contribution is 5.86. The standard InChI is InChI=1S/C36H54N4O10.ClH/c1-18(39-40-34(37)38)26-10-11-27-25-9-8-23-16-24(12-14-35(23,6)28(25)13-15-36(26,27)7)49-33-32(48-22(5)44)31(47-21(4)43)30(46-20(3)42)29(50-33)17-45-19(2)41;/h8,24-33H,9-17H2,1-7H3,(H4,37,38,40);1H/t24-,25-,26+,27-,28-,29+,30+,31-,32+,33+,35-,36+;/m0./s1. The number of allylic oxidation sites excluding steroid dienone is 1. The Morgan fingerprint density at radius 2 is 1.47 bits per heavy atom. The van der Waals surface area contributed by atoms with Gasteiger partial charge in [0.15, 0.2) is 24.6 Å². The molecule has 0 unspecified atom stereocenters. The number of nitrogens with zero attached hydrogens (tertiary/aromatic N) is 2. The topological polar surface area (TPSA) is 200 Å². The molecule has 0 aromatic carbocycles. The van der Waals surface area contributed by atoms with Gasteiger partial charge in [-0.25, -0.2) is 0 Å². The predicted octanol–water partition coefficient (Wildman–Crippen LogP) is 4.10. The molecule has 0 aromatic heterocycles. The monoisotopic (exact) mass is 738 g/mol. The quantitative estimate of drug-likeness (QED) is 0.0858. The number of ether oxygens (including phenoxy) is 6. The van der Waals surface area contributed by atoms with Crippen molar-refractivity contribution in [3.05, 3.63) is 11.6 Å². The van der Waals surface area contributed by atoms with Gasteiger partial charge in [-0.05, 0) is 86.9 Å². The highest BCUT2D eigenvalue weighted by Gasteiger charge is 2.60. The first-order valence-corrected chi connectivity index (χ1v) is 17.8. The van der Waals surface area contributed by atoms with Gasteiger partial charge in [0.25, 0.3) is 0 Å². The van der Waals surface area contributed by atoms with Crippen LogP contribution in [0.5, 0.6) is 0 Å². The number of hydrogen-bond donors (Lipinski definition) is 2. The molecule has 1 saturated heterocycles. The highest BCUT2D eigenvalue weighted by atomic mass is 35.5. The number of halogens is 1. The van der Waals surface area contributed by atoms with E-state index in [2.05, 4.69) is 30.1 Å². The summed E-state index contributed by atoms with van der Waals surface area (Å²) in [5, 5.41) is 8.33. The lowest BCUT2D eigenvalue weighted by atomic mass is 9.47. The predicted molar refractivity (Wildman–Crippen MR) is 188 cm³/mol. The van der Waals surface area contributed by atoms with Crippen molar-refractivity contribution in [2.75, 3.05) is 6.61 Å². The second-order valence-electron chi connectivity index (χ2n) is 15.3. The number of esters is 4. The zero-order valence-electron chi connectivity index (χ0n) is 30.8. The molecule has 5 aliphatic rings. The van der Waals surface area contributed by atoms with Crippen molar-refractivity contribution in [2.24, 2.45) is 56.2 Å². The third-order valence-corrected chi connectivity index (χ3v) is 12.2. The summed E-state index contributed by atoms with van der Waals surface area (Å²) in [6, 6.07) is 0. The fourth-order valence-electron chi connectivity index (χ4n) is 10.1. The first-order valence-electron chi connectivity index (χ1n) is 17.8. The zero-order chi connectivity index (χ0) is 36.5. The van der Waals surface area contributed by atoms with Gasteiger partial charge in [0.2, 0.25) is 5.96 Å². The second-order valence-corrected chi connectivity index (χ2v) is 15.3. The molecule has 4 aliphatic carbocycles. The fraction of sp³-hybridized carbons (Fsp3) is 0.778. The number of guanidine groups is 1. The van der Waals surface area contributed by atoms with Gasteiger partial charge in [0.05, 0.1) is 6.10 Å². The fourth-order valence-corrected chi connectivity index (χ4v) is 10.1. The van der Waals surface area contributed by atoms with E-state index in [-0.39, 0.29) is 41.9 Å². The molecule has 0 bridgehead atoms. The Labute approximate surface area is 306 Å². The van der Waals surface area contributed by atoms with Crippen molar-refractivity contribution in [1.82, 2.24) is 0 Å². The molecule has 4 fully saturated rings. The minimum absolute atomic E-state index is 0. The molecule has 286 valence electrons. The van der Waals surface area contributed by atoms with Gasteiger partial charge >= 0.3 is 23.9 Å². The van der Waals surface area contributed by atoms with Crippen LogP contribution in [0.15, 0.2) is 21.9 Å². The van der Waals surface area contributed by atoms with E-state index in [1.54, 1.807) is 0 Å². The maximum atomic E-state index is 12.3. The molecule has 5 rings (SSSR count). The average Bonchev–Trinajstić information content (AvgIpc) is 3.38. The van der Waals surface area contributed by atoms with E-state index >= 15 is 0 Å². The Bertz CT molecular complexity index is 1430. The summed E-state index contributed by atoms with van der Waals surface area (Å²) in [6.45, 7) is 11.4. The molecule has 1 heterocycles. The number of carbonyl (C=O) groups excluding carboxylic acids is 4. The summed E-state index contributed by atoms with van der Waals surface area (Å²) in [5.41, 5.74) is 13.6. The summed E-state index contributed by atoms with van der Waals surface area (Å²) >= 11 is 0. The van der Waals surface area contributed by atoms with Gasteiger partial charge in [0, 0.05) is 39.3 Å². The van der Waals surface area contributed by atoms with Crippen LogP contribution in [0.3, 0.4) is 0 Å². The van der Waals surface area contributed by atoms with Crippen molar-refractivity contribution >= 4 is 48.0 Å². The molecule has 51 heavy (non-hydrogen) atoms. The maximum Gasteiger partial charge on any atom is 0.303 e. The van der Waals surface area contributed by atoms with Crippen molar-refractivity contribution in [1.29, 1.82) is 0 Å². The number of hydrogen-bond acceptors (Lipinski definition) is 12. The molecule has 0 aromatic rings. The zero-order valence-corrected chi connectivity index (χ0v) is 31.6. The van der Waals surface area contributed by atoms with Gasteiger partial charge in [0.1, 0.15) is 12.7 Å². The lowest BCUT2D eigenvalue weighted by Crippen LogP contribution is -2.63. The first kappa shape index (κ1) is 40.5. The Balaban J connectivity index is 0.00000583. The molecule has 1 aliphatic heterocycles. The minimum Gasteiger partial charge on any atom is -0.463 e. The van der Waals surface area contributed by atoms with Gasteiger partial charge in [-0.3, -0.25) is 19.2 Å². The van der Waals surface area contributed by atoms with Crippen LogP contribution in [0, 0.1) is 34.5 Å². The van der Waals surface area contributed by atoms with E-state index in [1.807, 2.05) is 6.92 Å². The van der Waals surface area contributed by atoms with Crippen LogP contribution in [-0.4, -0.2) is 79.0 Å². The van der Waals surface area contributed by atoms with Crippen LogP contribution >= 0.6 is 12.4 Å². The van der Waals surface area contributed by atoms with Crippen LogP contribution in [0.25, 0.3) is 0 Å². The van der Waals surface area contributed by atoms with E-state index in [0.29, 0.717) is 30.1 Å². The number of carbonyl (C=O) groups is 4. The normalized spacial score (nSPS) is 38.6. The Morgan fingerprint density at radius 3 is 2.10 bits per heavy atom. The molecule has 12 atom stereocenters. The van der Waals surface area contributed by atoms with Crippen molar-refractivity contribution in [3.63, 3.8) is 0 Å². The molecule has 4 N–H and O–H groups in total. The Kier molecular flexibility index (Phi) is 12.9. The SMILES string of the molecule is CC(=O)OC[C@H]1O[C@@H](O[C@H]2CC[C@@]3(C)C(=CC[C@H]4[C@@H]5CC[C@H](C(C)=NN=C(N)N)[C@@]5(C)CC[C@@H]43)C2)[C@H](OC(C)=O)[C@@H](OC(C)=O)[C@@H]1OC(C)=O.Cl. The molecular weight excluding hydrogens is 684 g/mol. The van der Waals surface area contributed by atoms with E-state index in [1.165, 1.54) is 33.3 Å². The molecular formula is C36H55ClN4O10. The third-order valence-electron chi connectivity index (χ3n) is 12.2. The molecule has 0 spiro atoms. The lowest BCUT2D eigenvalue weighted by Gasteiger charge is -2.58. The van der Waals surface area contributed by atoms with Crippen molar-refractivity contribution < 1.29 is 47.6 Å². The van der Waals surface area contributed by atoms with Gasteiger partial charge < -0.3 is 39.9 Å². The number of rotatable bonds is 9. The van der Waals surface area contributed by atoms with Crippen molar-refractivity contribution in [2.45, 2.75) is 137 Å². The van der Waals surface area contributed by atoms with Crippen LogP contribution in [0.4, 0.5) is 0 Å². The summed E-state index contributed by atoms with van der Waals surface area (Å²) in [6.07, 6.45) is 3.98. The summed E-state index contributed by atoms with van der Waals surface area (Å²) in [7, 11) is 0. The van der Waals surface area contributed by atoms with Crippen molar-refractivity contribution in [3.8, 4) is 0 Å². The van der Waals surface area contributed by atoms with Gasteiger partial charge in [-0.2, -0.15) is 5.10 Å². The molecule has 14 nitrogen and oxygen atoms in total. The van der Waals surface area contributed by atoms with E-state index in [9.17, 15) is 19.2 Å². The summed E-state index contributed by atoms with van der Waals surface area (Å²) in [4.78, 5) is 48.4. The molecule has 15 heteroatoms. The highest BCUT2D eigenvalue weighted by Crippen LogP contribution is 2.66. The van der Waals surface area contributed by atoms with Crippen LogP contribution < -0.4 is 11.5 Å². The third kappa shape index (κ3) is 8.54. The summed E-state index contributed by atoms with van der Waals surface area (Å²) < 4.78 is 34.8. The van der Waals surface area contributed by atoms with E-state index < -0.39 is 54.6 Å². The van der Waals surface area contributed by atoms with Crippen LogP contribution in [-0.2, 0) is 47.6 Å². The summed E-state index contributed by atoms with van der Waals surface area (Å²) in [5.74, 6) is -0.571. The number of nitrogens with two attached hydrogens (primary N) is 2. The minimum atomic E-state index is -1.26. The maximum absolute atomic E-state index is 12.3. The molecule has 0 radical (unpaired) electrons. The second kappa shape index (κ2) is 16.2. The average molecular weight is 739 g/mol. The smallest absolute Gasteiger partial charge is 0.303 e. The van der Waals surface area contributed by atoms with Gasteiger partial charge in [-0.15, -0.1) is 17.5 Å². The number of fused-ring (bicyclic) bond motifs is 5. The van der Waals surface area contributed by atoms with Gasteiger partial charge in [-0.1, -0.05) is 25.5 Å². The molecule has 3 saturated carbocycles. The van der Waals surface area contributed by atoms with E-state index in [0.717, 1.165) is 50.7 Å². The Hall–Kier alpha value is -3.23. The molecule has 0 amide bonds. The van der Waals surface area contributed by atoms with Crippen LogP contribution in [0.1, 0.15) is 99.8 Å². The van der Waals surface area contributed by atoms with E-state index in [4.69, 9.17) is 39.9 Å². The first-order chi connectivity index (χ1) is 23.5. The Morgan fingerprint density at radius 1 is 0.824 bits per heavy atom. The van der Waals surface area contributed by atoms with Crippen LogP contribution in [0.2, 0.25) is 0 Å².